The summed E-state index contributed by atoms with van der Waals surface area (Å²) in [5.74, 6) is -1.96. The summed E-state index contributed by atoms with van der Waals surface area (Å²) in [6, 6.07) is 3.68. The number of ketones is 1. The monoisotopic (exact) mass is 261 g/mol. The first kappa shape index (κ1) is 13.3. The highest BCUT2D eigenvalue weighted by Crippen LogP contribution is 2.34. The summed E-state index contributed by atoms with van der Waals surface area (Å²) in [4.78, 5) is 35.9. The van der Waals surface area contributed by atoms with Gasteiger partial charge in [-0.15, -0.1) is 0 Å². The van der Waals surface area contributed by atoms with E-state index >= 15 is 0 Å². The number of hydrogen-bond acceptors (Lipinski definition) is 3. The van der Waals surface area contributed by atoms with Crippen LogP contribution in [-0.2, 0) is 9.59 Å². The van der Waals surface area contributed by atoms with Crippen LogP contribution >= 0.6 is 0 Å². The fourth-order valence-corrected chi connectivity index (χ4v) is 2.36. The van der Waals surface area contributed by atoms with Gasteiger partial charge in [0.05, 0.1) is 11.3 Å². The molecule has 1 amide bonds. The van der Waals surface area contributed by atoms with Crippen LogP contribution in [0.25, 0.3) is 0 Å². The number of amides is 1. The molecule has 0 atom stereocenters. The summed E-state index contributed by atoms with van der Waals surface area (Å²) in [6.07, 6.45) is 0.319. The van der Waals surface area contributed by atoms with E-state index < -0.39 is 17.7 Å². The molecule has 1 aliphatic rings. The van der Waals surface area contributed by atoms with E-state index in [1.165, 1.54) is 4.90 Å². The molecule has 0 spiro atoms. The van der Waals surface area contributed by atoms with Crippen LogP contribution in [-0.4, -0.2) is 29.3 Å². The number of carboxylic acid groups (broad SMARTS) is 1. The number of benzene rings is 1. The molecule has 2 rings (SSSR count). The number of rotatable bonds is 4. The van der Waals surface area contributed by atoms with E-state index in [0.717, 1.165) is 11.1 Å². The Morgan fingerprint density at radius 1 is 1.21 bits per heavy atom. The van der Waals surface area contributed by atoms with Crippen LogP contribution in [0, 0.1) is 13.8 Å². The van der Waals surface area contributed by atoms with E-state index in [1.807, 2.05) is 19.1 Å². The summed E-state index contributed by atoms with van der Waals surface area (Å²) in [6.45, 7) is 3.90. The van der Waals surface area contributed by atoms with Gasteiger partial charge >= 0.3 is 5.97 Å². The molecule has 5 nitrogen and oxygen atoms in total. The number of aliphatic carboxylic acids is 1. The van der Waals surface area contributed by atoms with Gasteiger partial charge in [0.15, 0.2) is 0 Å². The molecule has 5 heteroatoms. The minimum Gasteiger partial charge on any atom is -0.481 e. The van der Waals surface area contributed by atoms with Crippen molar-refractivity contribution in [1.29, 1.82) is 0 Å². The summed E-state index contributed by atoms with van der Waals surface area (Å²) in [5.41, 5.74) is 2.73. The lowest BCUT2D eigenvalue weighted by Gasteiger charge is -2.18. The van der Waals surface area contributed by atoms with E-state index in [0.29, 0.717) is 17.7 Å². The minimum atomic E-state index is -0.904. The first-order chi connectivity index (χ1) is 8.93. The van der Waals surface area contributed by atoms with Crippen LogP contribution < -0.4 is 4.90 Å². The van der Waals surface area contributed by atoms with Crippen molar-refractivity contribution in [3.63, 3.8) is 0 Å². The highest BCUT2D eigenvalue weighted by molar-refractivity contribution is 6.52. The zero-order valence-electron chi connectivity index (χ0n) is 10.9. The minimum absolute atomic E-state index is 0.0157. The number of carbonyl (C=O) groups is 3. The van der Waals surface area contributed by atoms with Crippen LogP contribution in [0.3, 0.4) is 0 Å². The third-order valence-corrected chi connectivity index (χ3v) is 3.30. The van der Waals surface area contributed by atoms with Gasteiger partial charge in [-0.05, 0) is 31.4 Å². The van der Waals surface area contributed by atoms with Crippen molar-refractivity contribution >= 4 is 23.3 Å². The highest BCUT2D eigenvalue weighted by atomic mass is 16.4. The molecule has 19 heavy (non-hydrogen) atoms. The lowest BCUT2D eigenvalue weighted by molar-refractivity contribution is -0.137. The third kappa shape index (κ3) is 2.23. The average molecular weight is 261 g/mol. The maximum absolute atomic E-state index is 12.0. The molecule has 0 saturated heterocycles. The number of Topliss-reactive ketones (excluding diaryl/α,β-unsaturated/α-hetero) is 1. The van der Waals surface area contributed by atoms with Crippen molar-refractivity contribution in [2.24, 2.45) is 0 Å². The van der Waals surface area contributed by atoms with Crippen LogP contribution in [0.1, 0.15) is 34.3 Å². The van der Waals surface area contributed by atoms with Crippen molar-refractivity contribution in [2.45, 2.75) is 26.7 Å². The Morgan fingerprint density at radius 3 is 2.47 bits per heavy atom. The second kappa shape index (κ2) is 4.84. The zero-order chi connectivity index (χ0) is 14.2. The van der Waals surface area contributed by atoms with Crippen molar-refractivity contribution in [3.8, 4) is 0 Å². The van der Waals surface area contributed by atoms with Crippen LogP contribution in [0.2, 0.25) is 0 Å². The quantitative estimate of drug-likeness (QED) is 0.837. The number of nitrogens with zero attached hydrogens (tertiary/aromatic N) is 1. The average Bonchev–Trinajstić information content (AvgIpc) is 2.59. The number of carbonyl (C=O) groups excluding carboxylic acids is 2. The lowest BCUT2D eigenvalue weighted by atomic mass is 10.0. The second-order valence-electron chi connectivity index (χ2n) is 4.71. The molecule has 1 aromatic rings. The first-order valence-corrected chi connectivity index (χ1v) is 6.11. The molecule has 0 aliphatic carbocycles. The summed E-state index contributed by atoms with van der Waals surface area (Å²) >= 11 is 0. The number of anilines is 1. The molecular weight excluding hydrogens is 246 g/mol. The largest absolute Gasteiger partial charge is 0.481 e. The molecule has 0 aromatic heterocycles. The van der Waals surface area contributed by atoms with Gasteiger partial charge in [-0.25, -0.2) is 0 Å². The maximum atomic E-state index is 12.0. The summed E-state index contributed by atoms with van der Waals surface area (Å²) in [7, 11) is 0. The van der Waals surface area contributed by atoms with E-state index in [4.69, 9.17) is 5.11 Å². The van der Waals surface area contributed by atoms with Gasteiger partial charge in [0.25, 0.3) is 11.7 Å². The molecule has 0 fully saturated rings. The molecule has 0 saturated carbocycles. The predicted octanol–water partition coefficient (Wildman–Crippen LogP) is 1.70. The first-order valence-electron chi connectivity index (χ1n) is 6.11. The topological polar surface area (TPSA) is 74.7 Å². The molecule has 1 aromatic carbocycles. The van der Waals surface area contributed by atoms with E-state index in [2.05, 4.69) is 0 Å². The van der Waals surface area contributed by atoms with E-state index in [-0.39, 0.29) is 13.0 Å². The molecular formula is C14H15NO4. The molecule has 0 bridgehead atoms. The van der Waals surface area contributed by atoms with Gasteiger partial charge in [0.2, 0.25) is 0 Å². The van der Waals surface area contributed by atoms with Crippen molar-refractivity contribution in [3.05, 3.63) is 28.8 Å². The third-order valence-electron chi connectivity index (χ3n) is 3.30. The fourth-order valence-electron chi connectivity index (χ4n) is 2.36. The molecule has 0 unspecified atom stereocenters. The standard InChI is InChI=1S/C14H15NO4/c1-8-5-6-9(2)12-11(8)13(18)14(19)15(12)7-3-4-10(16)17/h5-6H,3-4,7H2,1-2H3,(H,16,17). The summed E-state index contributed by atoms with van der Waals surface area (Å²) < 4.78 is 0. The fraction of sp³-hybridized carbons (Fsp3) is 0.357. The highest BCUT2D eigenvalue weighted by Gasteiger charge is 2.37. The Hall–Kier alpha value is -2.17. The van der Waals surface area contributed by atoms with Crippen molar-refractivity contribution in [2.75, 3.05) is 11.4 Å². The SMILES string of the molecule is Cc1ccc(C)c2c1C(=O)C(=O)N2CCCC(=O)O. The van der Waals surface area contributed by atoms with Gasteiger partial charge in [0.1, 0.15) is 0 Å². The number of hydrogen-bond donors (Lipinski definition) is 1. The van der Waals surface area contributed by atoms with Gasteiger partial charge in [-0.2, -0.15) is 0 Å². The zero-order valence-corrected chi connectivity index (χ0v) is 10.9. The number of carboxylic acids is 1. The van der Waals surface area contributed by atoms with E-state index in [9.17, 15) is 14.4 Å². The van der Waals surface area contributed by atoms with Gasteiger partial charge in [0, 0.05) is 13.0 Å². The summed E-state index contributed by atoms with van der Waals surface area (Å²) in [5, 5.41) is 8.63. The van der Waals surface area contributed by atoms with Crippen LogP contribution in [0.15, 0.2) is 12.1 Å². The Kier molecular flexibility index (Phi) is 3.38. The Morgan fingerprint density at radius 2 is 1.84 bits per heavy atom. The van der Waals surface area contributed by atoms with Gasteiger partial charge < -0.3 is 10.0 Å². The Balaban J connectivity index is 2.33. The number of fused-ring (bicyclic) bond motifs is 1. The molecule has 1 aliphatic heterocycles. The van der Waals surface area contributed by atoms with Gasteiger partial charge in [-0.1, -0.05) is 12.1 Å². The lowest BCUT2D eigenvalue weighted by Crippen LogP contribution is -2.31. The second-order valence-corrected chi connectivity index (χ2v) is 4.71. The molecule has 0 radical (unpaired) electrons. The van der Waals surface area contributed by atoms with Crippen molar-refractivity contribution in [1.82, 2.24) is 0 Å². The van der Waals surface area contributed by atoms with Crippen LogP contribution in [0.4, 0.5) is 5.69 Å². The molecule has 100 valence electrons. The Labute approximate surface area is 110 Å². The van der Waals surface area contributed by atoms with Gasteiger partial charge in [-0.3, -0.25) is 14.4 Å². The predicted molar refractivity (Wildman–Crippen MR) is 69.5 cm³/mol. The normalized spacial score (nSPS) is 13.9. The maximum Gasteiger partial charge on any atom is 0.303 e. The smallest absolute Gasteiger partial charge is 0.303 e. The van der Waals surface area contributed by atoms with Crippen LogP contribution in [0.5, 0.6) is 0 Å². The molecule has 1 heterocycles. The Bertz CT molecular complexity index is 577. The number of aryl methyl sites for hydroxylation is 2. The molecule has 1 N–H and O–H groups in total. The van der Waals surface area contributed by atoms with Crippen molar-refractivity contribution < 1.29 is 19.5 Å². The van der Waals surface area contributed by atoms with E-state index in [1.54, 1.807) is 6.92 Å².